The quantitative estimate of drug-likeness (QED) is 0.684. The van der Waals surface area contributed by atoms with Gasteiger partial charge < -0.3 is 19.9 Å². The normalized spacial score (nSPS) is 22.8. The van der Waals surface area contributed by atoms with Crippen LogP contribution in [0.4, 0.5) is 11.8 Å². The molecule has 1 saturated carbocycles. The van der Waals surface area contributed by atoms with Crippen molar-refractivity contribution in [1.82, 2.24) is 9.97 Å². The van der Waals surface area contributed by atoms with Crippen molar-refractivity contribution in [3.05, 3.63) is 40.0 Å². The molecule has 2 N–H and O–H groups in total. The van der Waals surface area contributed by atoms with Crippen LogP contribution >= 0.6 is 11.6 Å². The number of aromatic nitrogens is 2. The maximum absolute atomic E-state index is 12.5. The monoisotopic (exact) mass is 446 g/mol. The summed E-state index contributed by atoms with van der Waals surface area (Å²) in [6, 6.07) is 6.32. The largest absolute Gasteiger partial charge is 0.611 e. The first-order valence-electron chi connectivity index (χ1n) is 10.7. The molecule has 30 heavy (non-hydrogen) atoms. The minimum absolute atomic E-state index is 0.0676. The number of halogens is 1. The highest BCUT2D eigenvalue weighted by atomic mass is 35.5. The van der Waals surface area contributed by atoms with Gasteiger partial charge in [-0.15, -0.1) is 0 Å². The van der Waals surface area contributed by atoms with Gasteiger partial charge in [0, 0.05) is 24.5 Å². The minimum atomic E-state index is -1.07. The molecule has 1 aromatic heterocycles. The molecular weight excluding hydrogens is 420 g/mol. The molecule has 1 aromatic carbocycles. The SMILES string of the molecule is Cc1cc(Cl)cc(C2CCN(c3nc4c(c(NC5(CO)CC5)n3)[S+]([O-])CC4)CC2)c1. The summed E-state index contributed by atoms with van der Waals surface area (Å²) < 4.78 is 12.5. The predicted octanol–water partition coefficient (Wildman–Crippen LogP) is 3.42. The maximum atomic E-state index is 12.5. The Balaban J connectivity index is 1.36. The number of hydrogen-bond donors (Lipinski definition) is 2. The second-order valence-corrected chi connectivity index (χ2v) is 10.8. The number of benzene rings is 1. The summed E-state index contributed by atoms with van der Waals surface area (Å²) in [5.74, 6) is 2.46. The molecule has 2 fully saturated rings. The number of fused-ring (bicyclic) bond motifs is 1. The minimum Gasteiger partial charge on any atom is -0.611 e. The van der Waals surface area contributed by atoms with Crippen LogP contribution in [0.3, 0.4) is 0 Å². The van der Waals surface area contributed by atoms with E-state index in [2.05, 4.69) is 29.3 Å². The third-order valence-corrected chi connectivity index (χ3v) is 8.21. The van der Waals surface area contributed by atoms with E-state index >= 15 is 0 Å². The summed E-state index contributed by atoms with van der Waals surface area (Å²) in [6.45, 7) is 3.91. The van der Waals surface area contributed by atoms with E-state index in [1.807, 2.05) is 6.07 Å². The molecule has 0 spiro atoms. The number of aliphatic hydroxyl groups is 1. The van der Waals surface area contributed by atoms with Crippen molar-refractivity contribution < 1.29 is 9.66 Å². The van der Waals surface area contributed by atoms with Gasteiger partial charge in [-0.2, -0.15) is 4.98 Å². The number of anilines is 2. The van der Waals surface area contributed by atoms with Gasteiger partial charge in [0.05, 0.1) is 12.1 Å². The fraction of sp³-hybridized carbons (Fsp3) is 0.545. The van der Waals surface area contributed by atoms with Crippen LogP contribution in [0.1, 0.15) is 48.4 Å². The van der Waals surface area contributed by atoms with E-state index in [1.165, 1.54) is 11.1 Å². The van der Waals surface area contributed by atoms with Crippen LogP contribution in [0, 0.1) is 6.92 Å². The van der Waals surface area contributed by atoms with Gasteiger partial charge in [-0.05, 0) is 73.0 Å². The molecule has 1 unspecified atom stereocenters. The molecule has 1 aliphatic carbocycles. The fourth-order valence-electron chi connectivity index (χ4n) is 4.55. The van der Waals surface area contributed by atoms with E-state index in [9.17, 15) is 9.66 Å². The summed E-state index contributed by atoms with van der Waals surface area (Å²) in [5.41, 5.74) is 3.10. The van der Waals surface area contributed by atoms with E-state index in [1.54, 1.807) is 0 Å². The van der Waals surface area contributed by atoms with Crippen molar-refractivity contribution in [3.63, 3.8) is 0 Å². The molecule has 8 heteroatoms. The zero-order chi connectivity index (χ0) is 20.9. The van der Waals surface area contributed by atoms with Gasteiger partial charge in [-0.25, -0.2) is 4.98 Å². The molecule has 3 aliphatic rings. The van der Waals surface area contributed by atoms with Crippen molar-refractivity contribution in [1.29, 1.82) is 0 Å². The molecule has 6 nitrogen and oxygen atoms in total. The Bertz CT molecular complexity index is 940. The lowest BCUT2D eigenvalue weighted by molar-refractivity contribution is 0.265. The van der Waals surface area contributed by atoms with Gasteiger partial charge in [-0.3, -0.25) is 0 Å². The third kappa shape index (κ3) is 3.88. The molecule has 2 aliphatic heterocycles. The lowest BCUT2D eigenvalue weighted by Gasteiger charge is -2.33. The highest BCUT2D eigenvalue weighted by Gasteiger charge is 2.45. The predicted molar refractivity (Wildman–Crippen MR) is 120 cm³/mol. The molecule has 3 heterocycles. The highest BCUT2D eigenvalue weighted by molar-refractivity contribution is 7.91. The average Bonchev–Trinajstić information content (AvgIpc) is 3.41. The number of aliphatic hydroxyl groups excluding tert-OH is 1. The fourth-order valence-corrected chi connectivity index (χ4v) is 6.15. The zero-order valence-electron chi connectivity index (χ0n) is 17.2. The number of piperidine rings is 1. The van der Waals surface area contributed by atoms with Crippen LogP contribution in [-0.2, 0) is 17.6 Å². The van der Waals surface area contributed by atoms with Crippen LogP contribution in [0.2, 0.25) is 5.02 Å². The molecular formula is C22H27ClN4O2S. The Kier molecular flexibility index (Phi) is 5.34. The molecule has 2 aromatic rings. The van der Waals surface area contributed by atoms with E-state index in [0.29, 0.717) is 23.4 Å². The van der Waals surface area contributed by atoms with E-state index in [4.69, 9.17) is 21.6 Å². The summed E-state index contributed by atoms with van der Waals surface area (Å²) in [7, 11) is 0. The maximum Gasteiger partial charge on any atom is 0.227 e. The van der Waals surface area contributed by atoms with Gasteiger partial charge in [0.15, 0.2) is 5.82 Å². The van der Waals surface area contributed by atoms with Crippen molar-refractivity contribution >= 4 is 34.5 Å². The van der Waals surface area contributed by atoms with Crippen LogP contribution < -0.4 is 10.2 Å². The standard InChI is InChI=1S/C22H27ClN4O2S/c1-14-10-16(12-17(23)11-14)15-2-7-27(8-3-15)21-24-18-4-9-30(29)19(18)20(25-21)26-22(13-28)5-6-22/h10-12,15,28H,2-9,13H2,1H3,(H,24,25,26). The first-order valence-corrected chi connectivity index (χ1v) is 12.4. The van der Waals surface area contributed by atoms with Crippen LogP contribution in [-0.4, -0.2) is 50.6 Å². The molecule has 0 radical (unpaired) electrons. The number of rotatable bonds is 5. The zero-order valence-corrected chi connectivity index (χ0v) is 18.7. The topological polar surface area (TPSA) is 84.3 Å². The third-order valence-electron chi connectivity index (χ3n) is 6.53. The Morgan fingerprint density at radius 1 is 1.27 bits per heavy atom. The van der Waals surface area contributed by atoms with Crippen LogP contribution in [0.25, 0.3) is 0 Å². The van der Waals surface area contributed by atoms with Crippen LogP contribution in [0.5, 0.6) is 0 Å². The average molecular weight is 447 g/mol. The lowest BCUT2D eigenvalue weighted by Crippen LogP contribution is -2.35. The second-order valence-electron chi connectivity index (χ2n) is 8.83. The Morgan fingerprint density at radius 3 is 2.70 bits per heavy atom. The summed E-state index contributed by atoms with van der Waals surface area (Å²) >= 11 is 5.20. The number of nitrogens with one attached hydrogen (secondary N) is 1. The molecule has 160 valence electrons. The van der Waals surface area contributed by atoms with Crippen LogP contribution in [0.15, 0.2) is 23.1 Å². The van der Waals surface area contributed by atoms with Crippen molar-refractivity contribution in [2.24, 2.45) is 0 Å². The van der Waals surface area contributed by atoms with E-state index < -0.39 is 11.2 Å². The van der Waals surface area contributed by atoms with Gasteiger partial charge in [0.1, 0.15) is 11.4 Å². The number of aryl methyl sites for hydroxylation is 2. The van der Waals surface area contributed by atoms with E-state index in [0.717, 1.165) is 60.8 Å². The van der Waals surface area contributed by atoms with Crippen molar-refractivity contribution in [2.45, 2.75) is 55.4 Å². The number of hydrogen-bond acceptors (Lipinski definition) is 6. The summed E-state index contributed by atoms with van der Waals surface area (Å²) in [4.78, 5) is 12.6. The van der Waals surface area contributed by atoms with Crippen molar-refractivity contribution in [2.75, 3.05) is 35.7 Å². The Labute approximate surface area is 185 Å². The first kappa shape index (κ1) is 20.4. The molecule has 5 rings (SSSR count). The molecule has 0 bridgehead atoms. The first-order chi connectivity index (χ1) is 14.5. The highest BCUT2D eigenvalue weighted by Crippen LogP contribution is 2.42. The van der Waals surface area contributed by atoms with Crippen molar-refractivity contribution in [3.8, 4) is 0 Å². The molecule has 0 amide bonds. The Hall–Kier alpha value is -1.54. The lowest BCUT2D eigenvalue weighted by atomic mass is 9.89. The smallest absolute Gasteiger partial charge is 0.227 e. The van der Waals surface area contributed by atoms with Gasteiger partial charge >= 0.3 is 0 Å². The van der Waals surface area contributed by atoms with Gasteiger partial charge in [0.25, 0.3) is 0 Å². The molecule has 1 atom stereocenters. The second kappa shape index (κ2) is 7.86. The molecule has 1 saturated heterocycles. The number of nitrogens with zero attached hydrogens (tertiary/aromatic N) is 3. The Morgan fingerprint density at radius 2 is 2.03 bits per heavy atom. The summed E-state index contributed by atoms with van der Waals surface area (Å²) in [5, 5.41) is 13.9. The van der Waals surface area contributed by atoms with Gasteiger partial charge in [0.2, 0.25) is 10.8 Å². The van der Waals surface area contributed by atoms with E-state index in [-0.39, 0.29) is 12.1 Å². The summed E-state index contributed by atoms with van der Waals surface area (Å²) in [6.07, 6.45) is 4.59. The van der Waals surface area contributed by atoms with Gasteiger partial charge in [-0.1, -0.05) is 17.7 Å².